The van der Waals surface area contributed by atoms with Crippen LogP contribution in [0.3, 0.4) is 0 Å². The van der Waals surface area contributed by atoms with Gasteiger partial charge in [-0.1, -0.05) is 164 Å². The van der Waals surface area contributed by atoms with Crippen molar-refractivity contribution in [1.82, 2.24) is 9.97 Å². The van der Waals surface area contributed by atoms with Crippen molar-refractivity contribution in [2.24, 2.45) is 0 Å². The lowest BCUT2D eigenvalue weighted by atomic mass is 9.75. The fraction of sp³-hybridized carbons (Fsp3) is 0.0690. The van der Waals surface area contributed by atoms with Crippen molar-refractivity contribution < 1.29 is 0 Å². The molecular weight excluding hydrogens is 789 g/mol. The molecule has 0 amide bonds. The number of aryl methyl sites for hydroxylation is 2. The van der Waals surface area contributed by atoms with E-state index in [0.717, 1.165) is 38.6 Å². The van der Waals surface area contributed by atoms with Crippen LogP contribution in [-0.2, 0) is 0 Å². The molecule has 294 valence electrons. The number of rotatable bonds is 6. The van der Waals surface area contributed by atoms with E-state index < -0.39 is 0 Å². The van der Waals surface area contributed by atoms with Gasteiger partial charge in [0.25, 0.3) is 0 Å². The van der Waals surface area contributed by atoms with Crippen molar-refractivity contribution in [3.05, 3.63) is 205 Å². The molecule has 12 rings (SSSR count). The second-order valence-electron chi connectivity index (χ2n) is 16.5. The summed E-state index contributed by atoms with van der Waals surface area (Å²) in [6.07, 6.45) is 10.1. The first-order chi connectivity index (χ1) is 30.6. The van der Waals surface area contributed by atoms with Crippen LogP contribution in [0.15, 0.2) is 188 Å². The summed E-state index contributed by atoms with van der Waals surface area (Å²) in [4.78, 5) is 10.1. The van der Waals surface area contributed by atoms with Crippen molar-refractivity contribution in [1.29, 1.82) is 0 Å². The molecule has 0 aliphatic heterocycles. The molecule has 0 N–H and O–H groups in total. The van der Waals surface area contributed by atoms with Gasteiger partial charge < -0.3 is 0 Å². The Bertz CT molecular complexity index is 3610. The van der Waals surface area contributed by atoms with Crippen molar-refractivity contribution >= 4 is 75.4 Å². The largest absolute Gasteiger partial charge is 0.236 e. The molecular formula is C58H40N2S2. The number of hydrogen-bond donors (Lipinski definition) is 0. The highest BCUT2D eigenvalue weighted by Gasteiger charge is 2.28. The molecule has 0 bridgehead atoms. The van der Waals surface area contributed by atoms with Crippen LogP contribution >= 0.6 is 22.7 Å². The van der Waals surface area contributed by atoms with Crippen molar-refractivity contribution in [3.8, 4) is 54.5 Å². The standard InChI is InChI=1S/C58H40N2S2/c1-35-21-31-47-49(33-35)61-57(59-47)41-27-23-39(24-28-41)53-45-19-11-12-20-46(45)54(40-25-29-42(30-26-40)58-60-48-32-22-36(2)34-50(48)62-58)56-52(38-15-7-4-8-16-38)44-18-10-9-17-43(44)51(55(53)56)37-13-5-3-6-14-37/h3-15,17-34,38H,16H2,1-2H3. The second kappa shape index (κ2) is 14.9. The van der Waals surface area contributed by atoms with E-state index in [1.54, 1.807) is 22.7 Å². The average molecular weight is 829 g/mol. The summed E-state index contributed by atoms with van der Waals surface area (Å²) >= 11 is 3.53. The Morgan fingerprint density at radius 3 is 1.40 bits per heavy atom. The van der Waals surface area contributed by atoms with Gasteiger partial charge in [0, 0.05) is 17.0 Å². The van der Waals surface area contributed by atoms with E-state index in [2.05, 4.69) is 202 Å². The first-order valence-corrected chi connectivity index (χ1v) is 23.0. The van der Waals surface area contributed by atoms with E-state index >= 15 is 0 Å². The zero-order chi connectivity index (χ0) is 41.3. The zero-order valence-corrected chi connectivity index (χ0v) is 36.0. The van der Waals surface area contributed by atoms with Crippen molar-refractivity contribution in [3.63, 3.8) is 0 Å². The molecule has 1 unspecified atom stereocenters. The molecule has 1 aliphatic carbocycles. The van der Waals surface area contributed by atoms with Crippen LogP contribution in [0.4, 0.5) is 0 Å². The van der Waals surface area contributed by atoms with E-state index in [1.165, 1.54) is 91.8 Å². The predicted molar refractivity (Wildman–Crippen MR) is 268 cm³/mol. The number of hydrogen-bond acceptors (Lipinski definition) is 4. The zero-order valence-electron chi connectivity index (χ0n) is 34.4. The molecule has 0 saturated carbocycles. The molecule has 4 heteroatoms. The molecule has 2 aromatic heterocycles. The third-order valence-electron chi connectivity index (χ3n) is 12.6. The van der Waals surface area contributed by atoms with E-state index in [4.69, 9.17) is 9.97 Å². The third-order valence-corrected chi connectivity index (χ3v) is 14.7. The average Bonchev–Trinajstić information content (AvgIpc) is 3.95. The molecule has 0 saturated heterocycles. The molecule has 62 heavy (non-hydrogen) atoms. The van der Waals surface area contributed by atoms with Crippen molar-refractivity contribution in [2.75, 3.05) is 0 Å². The van der Waals surface area contributed by atoms with Crippen LogP contribution < -0.4 is 0 Å². The fourth-order valence-electron chi connectivity index (χ4n) is 9.72. The van der Waals surface area contributed by atoms with Gasteiger partial charge in [-0.3, -0.25) is 0 Å². The SMILES string of the molecule is Cc1ccc2nc(-c3ccc(-c4c5ccccc5c(-c5ccc(-c6nc7ccc(C)cc7s6)cc5)c5c(C6C=CC=CC6)c6ccccc6c(-c6ccccc6)c45)cc3)sc2c1. The topological polar surface area (TPSA) is 25.8 Å². The molecule has 1 aliphatic rings. The van der Waals surface area contributed by atoms with Gasteiger partial charge in [0.2, 0.25) is 0 Å². The molecule has 11 aromatic rings. The Morgan fingerprint density at radius 1 is 0.435 bits per heavy atom. The molecule has 1 atom stereocenters. The van der Waals surface area contributed by atoms with Gasteiger partial charge in [-0.15, -0.1) is 22.7 Å². The smallest absolute Gasteiger partial charge is 0.124 e. The van der Waals surface area contributed by atoms with Crippen LogP contribution in [-0.4, -0.2) is 9.97 Å². The van der Waals surface area contributed by atoms with Gasteiger partial charge in [-0.25, -0.2) is 9.97 Å². The lowest BCUT2D eigenvalue weighted by molar-refractivity contribution is 0.870. The molecule has 2 heterocycles. The Hall–Kier alpha value is -6.98. The first kappa shape index (κ1) is 36.8. The quantitative estimate of drug-likeness (QED) is 0.156. The summed E-state index contributed by atoms with van der Waals surface area (Å²) in [7, 11) is 0. The first-order valence-electron chi connectivity index (χ1n) is 21.3. The normalized spacial score (nSPS) is 13.9. The predicted octanol–water partition coefficient (Wildman–Crippen LogP) is 16.9. The van der Waals surface area contributed by atoms with Crippen LogP contribution in [0.25, 0.3) is 107 Å². The lowest BCUT2D eigenvalue weighted by Crippen LogP contribution is -2.04. The maximum absolute atomic E-state index is 5.07. The summed E-state index contributed by atoms with van der Waals surface area (Å²) in [5.41, 5.74) is 15.7. The summed E-state index contributed by atoms with van der Waals surface area (Å²) in [6, 6.07) is 60.7. The summed E-state index contributed by atoms with van der Waals surface area (Å²) < 4.78 is 2.44. The number of aromatic nitrogens is 2. The van der Waals surface area contributed by atoms with Gasteiger partial charge in [0.05, 0.1) is 20.4 Å². The molecule has 0 spiro atoms. The molecule has 2 nitrogen and oxygen atoms in total. The third kappa shape index (κ3) is 6.13. The Morgan fingerprint density at radius 2 is 0.887 bits per heavy atom. The van der Waals surface area contributed by atoms with E-state index in [-0.39, 0.29) is 5.92 Å². The van der Waals surface area contributed by atoms with E-state index in [9.17, 15) is 0 Å². The van der Waals surface area contributed by atoms with Gasteiger partial charge >= 0.3 is 0 Å². The minimum Gasteiger partial charge on any atom is -0.236 e. The Balaban J connectivity index is 1.18. The molecule has 0 radical (unpaired) electrons. The van der Waals surface area contributed by atoms with Gasteiger partial charge in [0.15, 0.2) is 0 Å². The minimum absolute atomic E-state index is 0.195. The van der Waals surface area contributed by atoms with Gasteiger partial charge in [-0.2, -0.15) is 0 Å². The monoisotopic (exact) mass is 828 g/mol. The van der Waals surface area contributed by atoms with Crippen molar-refractivity contribution in [2.45, 2.75) is 26.2 Å². The highest BCUT2D eigenvalue weighted by Crippen LogP contribution is 2.53. The van der Waals surface area contributed by atoms with Crippen LogP contribution in [0.1, 0.15) is 29.0 Å². The second-order valence-corrected chi connectivity index (χ2v) is 18.6. The highest BCUT2D eigenvalue weighted by molar-refractivity contribution is 7.22. The molecule has 0 fully saturated rings. The van der Waals surface area contributed by atoms with Crippen LogP contribution in [0.5, 0.6) is 0 Å². The highest BCUT2D eigenvalue weighted by atomic mass is 32.1. The summed E-state index contributed by atoms with van der Waals surface area (Å²) in [5, 5.41) is 9.75. The number of nitrogens with zero attached hydrogens (tertiary/aromatic N) is 2. The summed E-state index contributed by atoms with van der Waals surface area (Å²) in [5.74, 6) is 0.195. The Kier molecular flexibility index (Phi) is 8.84. The van der Waals surface area contributed by atoms with Gasteiger partial charge in [-0.05, 0) is 127 Å². The van der Waals surface area contributed by atoms with Crippen LogP contribution in [0.2, 0.25) is 0 Å². The number of fused-ring (bicyclic) bond motifs is 5. The Labute approximate surface area is 368 Å². The molecule has 9 aromatic carbocycles. The van der Waals surface area contributed by atoms with Gasteiger partial charge in [0.1, 0.15) is 10.0 Å². The minimum atomic E-state index is 0.195. The van der Waals surface area contributed by atoms with E-state index in [1.807, 2.05) is 0 Å². The number of benzene rings is 9. The number of thiazole rings is 2. The maximum Gasteiger partial charge on any atom is 0.124 e. The van der Waals surface area contributed by atoms with Crippen LogP contribution in [0, 0.1) is 13.8 Å². The number of allylic oxidation sites excluding steroid dienone is 4. The summed E-state index contributed by atoms with van der Waals surface area (Å²) in [6.45, 7) is 4.29. The fourth-order valence-corrected chi connectivity index (χ4v) is 11.9. The van der Waals surface area contributed by atoms with E-state index in [0.29, 0.717) is 0 Å². The lowest BCUT2D eigenvalue weighted by Gasteiger charge is -2.27. The maximum atomic E-state index is 5.07.